The molecule has 3 aromatic carbocycles. The van der Waals surface area contributed by atoms with Gasteiger partial charge in [0.05, 0.1) is 31.1 Å². The first-order valence-corrected chi connectivity index (χ1v) is 11.9. The summed E-state index contributed by atoms with van der Waals surface area (Å²) in [5.74, 6) is 2.26. The third-order valence-corrected chi connectivity index (χ3v) is 5.81. The highest BCUT2D eigenvalue weighted by Crippen LogP contribution is 2.37. The van der Waals surface area contributed by atoms with Gasteiger partial charge in [0.15, 0.2) is 11.5 Å². The predicted octanol–water partition coefficient (Wildman–Crippen LogP) is 6.19. The summed E-state index contributed by atoms with van der Waals surface area (Å²) < 4.78 is 18.7. The number of hydrogen-bond acceptors (Lipinski definition) is 6. The van der Waals surface area contributed by atoms with Crippen molar-refractivity contribution in [1.82, 2.24) is 14.9 Å². The summed E-state index contributed by atoms with van der Waals surface area (Å²) in [6, 6.07) is 21.8. The van der Waals surface area contributed by atoms with Crippen molar-refractivity contribution in [2.45, 2.75) is 0 Å². The number of benzene rings is 3. The molecule has 3 N–H and O–H groups in total. The van der Waals surface area contributed by atoms with E-state index in [-0.39, 0.29) is 0 Å². The molecule has 0 saturated heterocycles. The molecule has 5 aromatic rings. The lowest BCUT2D eigenvalue weighted by Crippen LogP contribution is -2.37. The summed E-state index contributed by atoms with van der Waals surface area (Å²) in [6.07, 6.45) is 5.37. The molecule has 0 aliphatic carbocycles. The zero-order valence-electron chi connectivity index (χ0n) is 21.2. The van der Waals surface area contributed by atoms with Gasteiger partial charge in [-0.15, -0.1) is 0 Å². The van der Waals surface area contributed by atoms with Crippen LogP contribution in [0.25, 0.3) is 16.6 Å². The Balaban J connectivity index is 1.21. The summed E-state index contributed by atoms with van der Waals surface area (Å²) in [4.78, 5) is 29.2. The molecule has 196 valence electrons. The molecule has 2 aromatic heterocycles. The van der Waals surface area contributed by atoms with Gasteiger partial charge in [-0.1, -0.05) is 12.1 Å². The molecule has 0 bridgehead atoms. The normalized spacial score (nSPS) is 10.5. The second kappa shape index (κ2) is 11.3. The van der Waals surface area contributed by atoms with Crippen LogP contribution in [-0.4, -0.2) is 35.8 Å². The maximum atomic E-state index is 12.5. The highest BCUT2D eigenvalue weighted by atomic mass is 16.5. The Kier molecular flexibility index (Phi) is 7.26. The maximum absolute atomic E-state index is 12.5. The number of aromatic nitrogens is 2. The fourth-order valence-electron chi connectivity index (χ4n) is 3.99. The minimum absolute atomic E-state index is 0.478. The van der Waals surface area contributed by atoms with Gasteiger partial charge in [-0.3, -0.25) is 10.3 Å². The van der Waals surface area contributed by atoms with Crippen LogP contribution in [0.15, 0.2) is 97.5 Å². The Morgan fingerprint density at radius 2 is 1.46 bits per heavy atom. The van der Waals surface area contributed by atoms with Crippen LogP contribution < -0.4 is 30.2 Å². The van der Waals surface area contributed by atoms with Gasteiger partial charge in [-0.25, -0.2) is 9.59 Å². The Morgan fingerprint density at radius 1 is 0.769 bits per heavy atom. The molecule has 5 rings (SSSR count). The zero-order valence-corrected chi connectivity index (χ0v) is 21.2. The van der Waals surface area contributed by atoms with Gasteiger partial charge < -0.3 is 29.4 Å². The Labute approximate surface area is 224 Å². The minimum atomic E-state index is -0.680. The first kappa shape index (κ1) is 25.2. The fraction of sp³-hybridized carbons (Fsp3) is 0.0690. The van der Waals surface area contributed by atoms with Crippen LogP contribution in [0.2, 0.25) is 0 Å². The average Bonchev–Trinajstić information content (AvgIpc) is 3.48. The van der Waals surface area contributed by atoms with Crippen LogP contribution in [0.1, 0.15) is 0 Å². The van der Waals surface area contributed by atoms with E-state index < -0.39 is 12.1 Å². The van der Waals surface area contributed by atoms with Gasteiger partial charge in [0, 0.05) is 35.7 Å². The molecular formula is C29H25N5O5. The van der Waals surface area contributed by atoms with E-state index in [0.29, 0.717) is 39.9 Å². The van der Waals surface area contributed by atoms with Gasteiger partial charge >= 0.3 is 12.1 Å². The second-order valence-corrected chi connectivity index (χ2v) is 8.30. The number of nitrogens with one attached hydrogen (secondary N) is 3. The van der Waals surface area contributed by atoms with Gasteiger partial charge in [-0.2, -0.15) is 0 Å². The smallest absolute Gasteiger partial charge is 0.327 e. The summed E-state index contributed by atoms with van der Waals surface area (Å²) in [5.41, 5.74) is 2.49. The highest BCUT2D eigenvalue weighted by molar-refractivity contribution is 6.05. The van der Waals surface area contributed by atoms with E-state index in [1.807, 2.05) is 41.2 Å². The van der Waals surface area contributed by atoms with E-state index in [1.54, 1.807) is 75.0 Å². The van der Waals surface area contributed by atoms with Crippen LogP contribution in [-0.2, 0) is 0 Å². The van der Waals surface area contributed by atoms with Crippen LogP contribution in [0, 0.1) is 0 Å². The van der Waals surface area contributed by atoms with Crippen molar-refractivity contribution in [1.29, 1.82) is 0 Å². The van der Waals surface area contributed by atoms with Crippen LogP contribution in [0.5, 0.6) is 23.0 Å². The first-order valence-electron chi connectivity index (χ1n) is 11.9. The van der Waals surface area contributed by atoms with Crippen LogP contribution in [0.4, 0.5) is 21.0 Å². The molecule has 0 spiro atoms. The fourth-order valence-corrected chi connectivity index (χ4v) is 3.99. The van der Waals surface area contributed by atoms with Crippen molar-refractivity contribution >= 4 is 34.3 Å². The summed E-state index contributed by atoms with van der Waals surface area (Å²) >= 11 is 0. The number of hydrogen-bond donors (Lipinski definition) is 3. The van der Waals surface area contributed by atoms with E-state index in [0.717, 1.165) is 11.1 Å². The number of methoxy groups -OCH3 is 2. The molecule has 0 fully saturated rings. The van der Waals surface area contributed by atoms with Gasteiger partial charge in [0.2, 0.25) is 0 Å². The number of ether oxygens (including phenoxy) is 3. The number of nitrogens with zero attached hydrogens (tertiary/aromatic N) is 2. The molecule has 0 atom stereocenters. The number of carbonyl (C=O) groups is 2. The monoisotopic (exact) mass is 523 g/mol. The quantitative estimate of drug-likeness (QED) is 0.234. The maximum Gasteiger partial charge on any atom is 0.327 e. The van der Waals surface area contributed by atoms with Gasteiger partial charge in [-0.05, 0) is 60.7 Å². The number of carbonyl (C=O) groups excluding carboxylic acids is 2. The standard InChI is InChI=1S/C29H25N5O5/c1-37-26-17-21-23(18-27(26)38-2)30-14-13-25(21)39-20-11-9-19(10-12-20)31-28(35)33-29(36)32-22-7-3-4-8-24(22)34-15-5-6-16-34/h3-18H,1-2H3,(H3,31,32,33,35,36). The van der Waals surface area contributed by atoms with Crippen molar-refractivity contribution < 1.29 is 23.8 Å². The number of fused-ring (bicyclic) bond motifs is 1. The molecule has 0 unspecified atom stereocenters. The average molecular weight is 524 g/mol. The molecule has 4 amide bonds. The van der Waals surface area contributed by atoms with Crippen molar-refractivity contribution in [2.75, 3.05) is 24.9 Å². The van der Waals surface area contributed by atoms with Crippen LogP contribution in [0.3, 0.4) is 0 Å². The number of anilines is 2. The van der Waals surface area contributed by atoms with E-state index in [2.05, 4.69) is 20.9 Å². The van der Waals surface area contributed by atoms with Crippen molar-refractivity contribution in [3.63, 3.8) is 0 Å². The van der Waals surface area contributed by atoms with E-state index in [4.69, 9.17) is 14.2 Å². The number of rotatable bonds is 7. The van der Waals surface area contributed by atoms with E-state index in [1.165, 1.54) is 0 Å². The summed E-state index contributed by atoms with van der Waals surface area (Å²) in [5, 5.41) is 8.37. The first-order chi connectivity index (χ1) is 19.0. The number of urea groups is 2. The largest absolute Gasteiger partial charge is 0.493 e. The molecule has 10 heteroatoms. The topological polar surface area (TPSA) is 116 Å². The third kappa shape index (κ3) is 5.75. The lowest BCUT2D eigenvalue weighted by molar-refractivity contribution is 0.240. The predicted molar refractivity (Wildman–Crippen MR) is 148 cm³/mol. The van der Waals surface area contributed by atoms with E-state index in [9.17, 15) is 9.59 Å². The molecular weight excluding hydrogens is 498 g/mol. The van der Waals surface area contributed by atoms with Crippen molar-refractivity contribution in [2.24, 2.45) is 0 Å². The number of para-hydroxylation sites is 2. The van der Waals surface area contributed by atoms with Crippen molar-refractivity contribution in [3.05, 3.63) is 97.5 Å². The van der Waals surface area contributed by atoms with E-state index >= 15 is 0 Å². The SMILES string of the molecule is COc1cc2nccc(Oc3ccc(NC(=O)NC(=O)Nc4ccccc4-n4cccc4)cc3)c2cc1OC. The Morgan fingerprint density at radius 3 is 2.21 bits per heavy atom. The number of imide groups is 1. The van der Waals surface area contributed by atoms with Crippen molar-refractivity contribution in [3.8, 4) is 28.7 Å². The minimum Gasteiger partial charge on any atom is -0.493 e. The number of amides is 4. The molecule has 39 heavy (non-hydrogen) atoms. The molecule has 0 aliphatic rings. The van der Waals surface area contributed by atoms with Gasteiger partial charge in [0.25, 0.3) is 0 Å². The van der Waals surface area contributed by atoms with Gasteiger partial charge in [0.1, 0.15) is 11.5 Å². The highest BCUT2D eigenvalue weighted by Gasteiger charge is 2.13. The molecule has 10 nitrogen and oxygen atoms in total. The van der Waals surface area contributed by atoms with Crippen LogP contribution >= 0.6 is 0 Å². The molecule has 0 aliphatic heterocycles. The molecule has 2 heterocycles. The zero-order chi connectivity index (χ0) is 27.2. The second-order valence-electron chi connectivity index (χ2n) is 8.30. The summed E-state index contributed by atoms with van der Waals surface area (Å²) in [6.45, 7) is 0. The Hall–Kier alpha value is -5.51. The number of pyridine rings is 1. The lowest BCUT2D eigenvalue weighted by atomic mass is 10.2. The summed E-state index contributed by atoms with van der Waals surface area (Å²) in [7, 11) is 3.13. The molecule has 0 radical (unpaired) electrons. The third-order valence-electron chi connectivity index (χ3n) is 5.81. The Bertz CT molecular complexity index is 1620. The molecule has 0 saturated carbocycles. The lowest BCUT2D eigenvalue weighted by Gasteiger charge is -2.13.